The lowest BCUT2D eigenvalue weighted by Crippen LogP contribution is -2.47. The van der Waals surface area contributed by atoms with Crippen LogP contribution in [0.25, 0.3) is 0 Å². The third-order valence-electron chi connectivity index (χ3n) is 6.94. The molecule has 0 aliphatic carbocycles. The van der Waals surface area contributed by atoms with Crippen molar-refractivity contribution < 1.29 is 23.7 Å². The lowest BCUT2D eigenvalue weighted by molar-refractivity contribution is -0.172. The van der Waals surface area contributed by atoms with Crippen molar-refractivity contribution in [3.8, 4) is 0 Å². The molecule has 4 saturated heterocycles. The van der Waals surface area contributed by atoms with E-state index < -0.39 is 0 Å². The quantitative estimate of drug-likeness (QED) is 0.671. The molecule has 4 aliphatic heterocycles. The van der Waals surface area contributed by atoms with E-state index in [1.165, 1.54) is 0 Å². The Bertz CT molecular complexity index is 434. The Balaban J connectivity index is 1.27. The van der Waals surface area contributed by atoms with Gasteiger partial charge in [0, 0.05) is 23.7 Å². The lowest BCUT2D eigenvalue weighted by Gasteiger charge is -2.42. The monoisotopic (exact) mass is 354 g/mol. The van der Waals surface area contributed by atoms with Gasteiger partial charge < -0.3 is 23.7 Å². The van der Waals surface area contributed by atoms with Gasteiger partial charge in [-0.05, 0) is 25.7 Å². The largest absolute Gasteiger partial charge is 0.380 e. The first kappa shape index (κ1) is 18.2. The molecule has 4 unspecified atom stereocenters. The second-order valence-corrected chi connectivity index (χ2v) is 8.82. The molecule has 25 heavy (non-hydrogen) atoms. The first-order valence-corrected chi connectivity index (χ1v) is 10.2. The van der Waals surface area contributed by atoms with Crippen LogP contribution in [0.5, 0.6) is 0 Å². The Hall–Kier alpha value is -0.200. The predicted octanol–water partition coefficient (Wildman–Crippen LogP) is 2.95. The Morgan fingerprint density at radius 3 is 2.04 bits per heavy atom. The fraction of sp³-hybridized carbons (Fsp3) is 1.00. The van der Waals surface area contributed by atoms with Crippen LogP contribution in [0.3, 0.4) is 0 Å². The number of fused-ring (bicyclic) bond motifs is 2. The van der Waals surface area contributed by atoms with E-state index in [0.29, 0.717) is 12.2 Å². The summed E-state index contributed by atoms with van der Waals surface area (Å²) < 4.78 is 29.7. The topological polar surface area (TPSA) is 46.2 Å². The zero-order valence-corrected chi connectivity index (χ0v) is 15.8. The third-order valence-corrected chi connectivity index (χ3v) is 6.94. The van der Waals surface area contributed by atoms with Crippen LogP contribution in [0.1, 0.15) is 52.4 Å². The third kappa shape index (κ3) is 3.77. The van der Waals surface area contributed by atoms with Crippen LogP contribution in [0, 0.1) is 10.8 Å². The molecule has 4 aliphatic rings. The fourth-order valence-electron chi connectivity index (χ4n) is 4.41. The standard InChI is InChI=1S/C20H34O5/c1-3-19(9-21-10-19)13-23-15-5-6-16-8-17(18(7-15)25-16)24-14-20(4-2)11-22-12-20/h15-18H,3-14H2,1-2H3. The first-order chi connectivity index (χ1) is 12.2. The van der Waals surface area contributed by atoms with Crippen molar-refractivity contribution in [1.29, 1.82) is 0 Å². The molecule has 5 nitrogen and oxygen atoms in total. The van der Waals surface area contributed by atoms with Gasteiger partial charge in [-0.2, -0.15) is 0 Å². The number of hydrogen-bond donors (Lipinski definition) is 0. The molecule has 0 spiro atoms. The highest BCUT2D eigenvalue weighted by molar-refractivity contribution is 4.92. The molecule has 4 fully saturated rings. The molecule has 4 heterocycles. The van der Waals surface area contributed by atoms with Crippen molar-refractivity contribution in [3.63, 3.8) is 0 Å². The normalized spacial score (nSPS) is 38.6. The van der Waals surface area contributed by atoms with Crippen molar-refractivity contribution in [3.05, 3.63) is 0 Å². The van der Waals surface area contributed by atoms with E-state index in [2.05, 4.69) is 13.8 Å². The van der Waals surface area contributed by atoms with Gasteiger partial charge in [0.25, 0.3) is 0 Å². The van der Waals surface area contributed by atoms with Crippen molar-refractivity contribution in [1.82, 2.24) is 0 Å². The summed E-state index contributed by atoms with van der Waals surface area (Å²) in [6, 6.07) is 0. The maximum atomic E-state index is 6.34. The molecule has 0 N–H and O–H groups in total. The van der Waals surface area contributed by atoms with Gasteiger partial charge in [-0.25, -0.2) is 0 Å². The molecular formula is C20H34O5. The second-order valence-electron chi connectivity index (χ2n) is 8.82. The number of ether oxygens (including phenoxy) is 5. The van der Waals surface area contributed by atoms with Crippen LogP contribution in [-0.4, -0.2) is 64.1 Å². The molecular weight excluding hydrogens is 320 g/mol. The number of rotatable bonds is 8. The molecule has 144 valence electrons. The molecule has 0 saturated carbocycles. The summed E-state index contributed by atoms with van der Waals surface area (Å²) in [6.07, 6.45) is 7.57. The molecule has 0 radical (unpaired) electrons. The highest BCUT2D eigenvalue weighted by Crippen LogP contribution is 2.38. The van der Waals surface area contributed by atoms with Gasteiger partial charge in [-0.1, -0.05) is 13.8 Å². The average Bonchev–Trinajstić information content (AvgIpc) is 2.80. The SMILES string of the molecule is CCC1(COC2CCC3CC(OCC4(CC)COC4)C(C2)O3)COC1. The van der Waals surface area contributed by atoms with E-state index >= 15 is 0 Å². The van der Waals surface area contributed by atoms with E-state index in [4.69, 9.17) is 23.7 Å². The molecule has 0 amide bonds. The minimum atomic E-state index is 0.197. The summed E-state index contributed by atoms with van der Waals surface area (Å²) in [5.74, 6) is 0. The lowest BCUT2D eigenvalue weighted by atomic mass is 9.84. The van der Waals surface area contributed by atoms with Crippen LogP contribution in [0.15, 0.2) is 0 Å². The van der Waals surface area contributed by atoms with Crippen LogP contribution in [0.4, 0.5) is 0 Å². The summed E-state index contributed by atoms with van der Waals surface area (Å²) in [4.78, 5) is 0. The molecule has 0 aromatic rings. The summed E-state index contributed by atoms with van der Waals surface area (Å²) in [7, 11) is 0. The molecule has 2 bridgehead atoms. The molecule has 4 rings (SSSR count). The highest BCUT2D eigenvalue weighted by atomic mass is 16.6. The minimum absolute atomic E-state index is 0.197. The molecule has 5 heteroatoms. The van der Waals surface area contributed by atoms with Gasteiger partial charge in [0.05, 0.1) is 64.1 Å². The van der Waals surface area contributed by atoms with Gasteiger partial charge in [0.1, 0.15) is 0 Å². The predicted molar refractivity (Wildman–Crippen MR) is 93.7 cm³/mol. The van der Waals surface area contributed by atoms with Crippen molar-refractivity contribution >= 4 is 0 Å². The molecule has 0 aromatic carbocycles. The molecule has 4 atom stereocenters. The summed E-state index contributed by atoms with van der Waals surface area (Å²) in [5.41, 5.74) is 0.514. The van der Waals surface area contributed by atoms with Gasteiger partial charge in [0.15, 0.2) is 0 Å². The van der Waals surface area contributed by atoms with Crippen LogP contribution in [-0.2, 0) is 23.7 Å². The van der Waals surface area contributed by atoms with Crippen LogP contribution in [0.2, 0.25) is 0 Å². The fourth-order valence-corrected chi connectivity index (χ4v) is 4.41. The van der Waals surface area contributed by atoms with E-state index in [0.717, 1.165) is 78.2 Å². The van der Waals surface area contributed by atoms with Crippen LogP contribution < -0.4 is 0 Å². The Labute approximate surface area is 151 Å². The summed E-state index contributed by atoms with van der Waals surface area (Å²) in [6.45, 7) is 9.50. The molecule has 0 aromatic heterocycles. The summed E-state index contributed by atoms with van der Waals surface area (Å²) in [5, 5.41) is 0. The van der Waals surface area contributed by atoms with E-state index in [9.17, 15) is 0 Å². The maximum absolute atomic E-state index is 6.34. The van der Waals surface area contributed by atoms with E-state index in [1.807, 2.05) is 0 Å². The summed E-state index contributed by atoms with van der Waals surface area (Å²) >= 11 is 0. The highest BCUT2D eigenvalue weighted by Gasteiger charge is 2.44. The van der Waals surface area contributed by atoms with Gasteiger partial charge >= 0.3 is 0 Å². The number of hydrogen-bond acceptors (Lipinski definition) is 5. The average molecular weight is 354 g/mol. The zero-order valence-electron chi connectivity index (χ0n) is 15.8. The second kappa shape index (κ2) is 7.43. The van der Waals surface area contributed by atoms with Crippen LogP contribution >= 0.6 is 0 Å². The van der Waals surface area contributed by atoms with Gasteiger partial charge in [-0.3, -0.25) is 0 Å². The van der Waals surface area contributed by atoms with Crippen molar-refractivity contribution in [2.24, 2.45) is 10.8 Å². The Morgan fingerprint density at radius 2 is 1.48 bits per heavy atom. The van der Waals surface area contributed by atoms with Crippen molar-refractivity contribution in [2.75, 3.05) is 39.6 Å². The Kier molecular flexibility index (Phi) is 5.40. The van der Waals surface area contributed by atoms with Crippen molar-refractivity contribution in [2.45, 2.75) is 76.8 Å². The van der Waals surface area contributed by atoms with Gasteiger partial charge in [0.2, 0.25) is 0 Å². The zero-order chi connectivity index (χ0) is 17.3. The maximum Gasteiger partial charge on any atom is 0.0866 e. The smallest absolute Gasteiger partial charge is 0.0866 e. The Morgan fingerprint density at radius 1 is 0.840 bits per heavy atom. The minimum Gasteiger partial charge on any atom is -0.380 e. The van der Waals surface area contributed by atoms with E-state index in [-0.39, 0.29) is 23.0 Å². The van der Waals surface area contributed by atoms with E-state index in [1.54, 1.807) is 0 Å². The van der Waals surface area contributed by atoms with Gasteiger partial charge in [-0.15, -0.1) is 0 Å². The first-order valence-electron chi connectivity index (χ1n) is 10.2.